The summed E-state index contributed by atoms with van der Waals surface area (Å²) in [6.45, 7) is 4.75. The molecule has 1 aliphatic heterocycles. The first-order valence-corrected chi connectivity index (χ1v) is 6.78. The number of hydrogen-bond acceptors (Lipinski definition) is 6. The molecule has 0 aromatic carbocycles. The van der Waals surface area contributed by atoms with Crippen LogP contribution in [-0.4, -0.2) is 34.1 Å². The van der Waals surface area contributed by atoms with Crippen LogP contribution < -0.4 is 10.5 Å². The number of nitrogens with two attached hydrogens (primary N) is 1. The minimum Gasteiger partial charge on any atom is -0.453 e. The zero-order valence-electron chi connectivity index (χ0n) is 11.7. The maximum Gasteiger partial charge on any atom is 0.353 e. The normalized spacial score (nSPS) is 20.6. The smallest absolute Gasteiger partial charge is 0.353 e. The van der Waals surface area contributed by atoms with Gasteiger partial charge in [0, 0.05) is 6.61 Å². The van der Waals surface area contributed by atoms with Crippen molar-refractivity contribution in [2.45, 2.75) is 45.4 Å². The van der Waals surface area contributed by atoms with E-state index >= 15 is 0 Å². The Bertz CT molecular complexity index is 482. The highest BCUT2D eigenvalue weighted by atomic mass is 16.6. The predicted octanol–water partition coefficient (Wildman–Crippen LogP) is 1.52. The Morgan fingerprint density at radius 1 is 1.70 bits per heavy atom. The lowest BCUT2D eigenvalue weighted by molar-refractivity contribution is -0.386. The van der Waals surface area contributed by atoms with E-state index in [0.717, 1.165) is 19.4 Å². The van der Waals surface area contributed by atoms with E-state index in [1.807, 2.05) is 6.92 Å². The average molecular weight is 284 g/mol. The summed E-state index contributed by atoms with van der Waals surface area (Å²) in [5.74, 6) is -0.00702. The summed E-state index contributed by atoms with van der Waals surface area (Å²) in [7, 11) is 0. The van der Waals surface area contributed by atoms with Gasteiger partial charge in [0.25, 0.3) is 0 Å². The number of nitro groups is 1. The maximum absolute atomic E-state index is 11.2. The lowest BCUT2D eigenvalue weighted by Gasteiger charge is -2.23. The van der Waals surface area contributed by atoms with Gasteiger partial charge in [-0.2, -0.15) is 0 Å². The summed E-state index contributed by atoms with van der Waals surface area (Å²) >= 11 is 0. The van der Waals surface area contributed by atoms with Gasteiger partial charge in [0.05, 0.1) is 17.6 Å². The van der Waals surface area contributed by atoms with Crippen LogP contribution in [0.2, 0.25) is 0 Å². The third kappa shape index (κ3) is 2.91. The van der Waals surface area contributed by atoms with Gasteiger partial charge in [0.1, 0.15) is 11.9 Å². The van der Waals surface area contributed by atoms with Gasteiger partial charge < -0.3 is 9.47 Å². The van der Waals surface area contributed by atoms with E-state index in [9.17, 15) is 10.1 Å². The van der Waals surface area contributed by atoms with Crippen LogP contribution in [0.1, 0.15) is 37.9 Å². The Balaban J connectivity index is 2.33. The fourth-order valence-electron chi connectivity index (χ4n) is 2.27. The fraction of sp³-hybridized carbons (Fsp3) is 0.750. The van der Waals surface area contributed by atoms with E-state index in [-0.39, 0.29) is 17.6 Å². The second-order valence-corrected chi connectivity index (χ2v) is 4.88. The second-order valence-electron chi connectivity index (χ2n) is 4.88. The highest BCUT2D eigenvalue weighted by Gasteiger charge is 2.31. The number of aromatic nitrogens is 2. The number of ether oxygens (including phenoxy) is 2. The van der Waals surface area contributed by atoms with Gasteiger partial charge >= 0.3 is 11.6 Å². The molecule has 0 bridgehead atoms. The van der Waals surface area contributed by atoms with Crippen molar-refractivity contribution in [1.82, 2.24) is 9.78 Å². The predicted molar refractivity (Wildman–Crippen MR) is 71.6 cm³/mol. The molecule has 1 aromatic heterocycles. The van der Waals surface area contributed by atoms with E-state index < -0.39 is 11.2 Å². The number of nitrogens with zero attached hydrogens (tertiary/aromatic N) is 3. The van der Waals surface area contributed by atoms with E-state index in [1.54, 1.807) is 11.6 Å². The standard InChI is InChI=1S/C12H20N4O4/c1-3-10(13)20-12-11(16(17)18)8(2)15(14-12)9-5-4-6-19-7-9/h9-10H,3-7,13H2,1-2H3. The summed E-state index contributed by atoms with van der Waals surface area (Å²) in [6, 6.07) is 0.0117. The van der Waals surface area contributed by atoms with Gasteiger partial charge in [-0.1, -0.05) is 6.92 Å². The summed E-state index contributed by atoms with van der Waals surface area (Å²) in [5, 5.41) is 15.4. The highest BCUT2D eigenvalue weighted by molar-refractivity contribution is 5.45. The quantitative estimate of drug-likeness (QED) is 0.499. The molecule has 0 amide bonds. The summed E-state index contributed by atoms with van der Waals surface area (Å²) in [6.07, 6.45) is 1.76. The molecule has 0 aliphatic carbocycles. The molecule has 20 heavy (non-hydrogen) atoms. The van der Waals surface area contributed by atoms with Crippen LogP contribution in [0.15, 0.2) is 0 Å². The zero-order valence-corrected chi connectivity index (χ0v) is 11.7. The van der Waals surface area contributed by atoms with Crippen LogP contribution in [0.3, 0.4) is 0 Å². The molecule has 2 unspecified atom stereocenters. The molecule has 8 nitrogen and oxygen atoms in total. The average Bonchev–Trinajstić information content (AvgIpc) is 2.76. The maximum atomic E-state index is 11.2. The Morgan fingerprint density at radius 3 is 3.00 bits per heavy atom. The molecule has 1 aliphatic rings. The first-order chi connectivity index (χ1) is 9.54. The van der Waals surface area contributed by atoms with Crippen molar-refractivity contribution < 1.29 is 14.4 Å². The first-order valence-electron chi connectivity index (χ1n) is 6.78. The molecular weight excluding hydrogens is 264 g/mol. The van der Waals surface area contributed by atoms with Crippen molar-refractivity contribution in [3.8, 4) is 5.88 Å². The Hall–Kier alpha value is -1.67. The van der Waals surface area contributed by atoms with Gasteiger partial charge in [-0.3, -0.25) is 20.5 Å². The zero-order chi connectivity index (χ0) is 14.7. The molecule has 2 N–H and O–H groups in total. The molecule has 112 valence electrons. The van der Waals surface area contributed by atoms with Crippen molar-refractivity contribution in [2.75, 3.05) is 13.2 Å². The summed E-state index contributed by atoms with van der Waals surface area (Å²) in [4.78, 5) is 10.7. The topological polar surface area (TPSA) is 105 Å². The molecule has 2 heterocycles. The van der Waals surface area contributed by atoms with Crippen molar-refractivity contribution in [3.63, 3.8) is 0 Å². The van der Waals surface area contributed by atoms with Crippen LogP contribution >= 0.6 is 0 Å². The van der Waals surface area contributed by atoms with Gasteiger partial charge in [-0.05, 0) is 26.2 Å². The minimum atomic E-state index is -0.598. The third-order valence-corrected chi connectivity index (χ3v) is 3.42. The molecule has 2 rings (SSSR count). The van der Waals surface area contributed by atoms with E-state index in [0.29, 0.717) is 18.7 Å². The molecule has 0 saturated carbocycles. The van der Waals surface area contributed by atoms with E-state index in [1.165, 1.54) is 0 Å². The fourth-order valence-corrected chi connectivity index (χ4v) is 2.27. The van der Waals surface area contributed by atoms with Gasteiger partial charge in [0.2, 0.25) is 0 Å². The SMILES string of the molecule is CCC(N)Oc1nn(C2CCCOC2)c(C)c1[N+](=O)[O-]. The Kier molecular flexibility index (Phi) is 4.56. The Morgan fingerprint density at radius 2 is 2.45 bits per heavy atom. The van der Waals surface area contributed by atoms with E-state index in [2.05, 4.69) is 5.10 Å². The summed E-state index contributed by atoms with van der Waals surface area (Å²) < 4.78 is 12.4. The van der Waals surface area contributed by atoms with Gasteiger partial charge in [-0.15, -0.1) is 5.10 Å². The molecule has 0 spiro atoms. The van der Waals surface area contributed by atoms with Gasteiger partial charge in [-0.25, -0.2) is 0 Å². The van der Waals surface area contributed by atoms with Crippen LogP contribution in [0.5, 0.6) is 5.88 Å². The first kappa shape index (κ1) is 14.7. The van der Waals surface area contributed by atoms with Crippen molar-refractivity contribution in [1.29, 1.82) is 0 Å². The van der Waals surface area contributed by atoms with Crippen LogP contribution in [0, 0.1) is 17.0 Å². The van der Waals surface area contributed by atoms with Crippen molar-refractivity contribution >= 4 is 5.69 Å². The lowest BCUT2D eigenvalue weighted by Crippen LogP contribution is -2.26. The van der Waals surface area contributed by atoms with Crippen LogP contribution in [-0.2, 0) is 4.74 Å². The monoisotopic (exact) mass is 284 g/mol. The molecule has 0 radical (unpaired) electrons. The second kappa shape index (κ2) is 6.19. The van der Waals surface area contributed by atoms with Crippen molar-refractivity contribution in [2.24, 2.45) is 5.73 Å². The van der Waals surface area contributed by atoms with Crippen molar-refractivity contribution in [3.05, 3.63) is 15.8 Å². The van der Waals surface area contributed by atoms with Gasteiger partial charge in [0.15, 0.2) is 0 Å². The number of hydrogen-bond donors (Lipinski definition) is 1. The van der Waals surface area contributed by atoms with E-state index in [4.69, 9.17) is 15.2 Å². The van der Waals surface area contributed by atoms with Crippen LogP contribution in [0.25, 0.3) is 0 Å². The van der Waals surface area contributed by atoms with Crippen LogP contribution in [0.4, 0.5) is 5.69 Å². The third-order valence-electron chi connectivity index (χ3n) is 3.42. The lowest BCUT2D eigenvalue weighted by atomic mass is 10.1. The number of rotatable bonds is 5. The molecular formula is C12H20N4O4. The minimum absolute atomic E-state index is 0.00702. The molecule has 8 heteroatoms. The summed E-state index contributed by atoms with van der Waals surface area (Å²) in [5.41, 5.74) is 6.06. The molecule has 1 saturated heterocycles. The molecule has 1 aromatic rings. The molecule has 2 atom stereocenters. The Labute approximate surface area is 117 Å². The largest absolute Gasteiger partial charge is 0.453 e. The highest BCUT2D eigenvalue weighted by Crippen LogP contribution is 2.33. The molecule has 1 fully saturated rings.